The molecule has 0 aliphatic carbocycles. The van der Waals surface area contributed by atoms with Gasteiger partial charge in [-0.2, -0.15) is 0 Å². The van der Waals surface area contributed by atoms with E-state index in [9.17, 15) is 8.78 Å². The number of H-pyrrole nitrogens is 1. The lowest BCUT2D eigenvalue weighted by Crippen LogP contribution is -2.38. The van der Waals surface area contributed by atoms with Crippen LogP contribution in [-0.2, 0) is 6.42 Å². The summed E-state index contributed by atoms with van der Waals surface area (Å²) >= 11 is 0. The molecule has 0 saturated carbocycles. The molecule has 0 aliphatic rings. The number of halogens is 2. The van der Waals surface area contributed by atoms with Crippen LogP contribution in [0.25, 0.3) is 0 Å². The SMILES string of the molecule is N=C(N)N(CCCc1cnc[nH]1)CCC(c1ccc(F)cc1)c1ccc(F)cc1. The van der Waals surface area contributed by atoms with Crippen LogP contribution >= 0.6 is 0 Å². The number of aromatic amines is 1. The number of hydrogen-bond acceptors (Lipinski definition) is 2. The van der Waals surface area contributed by atoms with E-state index in [2.05, 4.69) is 9.97 Å². The summed E-state index contributed by atoms with van der Waals surface area (Å²) in [5.74, 6) is -0.621. The smallest absolute Gasteiger partial charge is 0.188 e. The Morgan fingerprint density at radius 3 is 2.07 bits per heavy atom. The predicted molar refractivity (Wildman–Crippen MR) is 110 cm³/mol. The van der Waals surface area contributed by atoms with Crippen LogP contribution in [0.2, 0.25) is 0 Å². The zero-order valence-corrected chi connectivity index (χ0v) is 16.1. The number of aryl methyl sites for hydroxylation is 1. The van der Waals surface area contributed by atoms with Gasteiger partial charge < -0.3 is 15.6 Å². The number of guanidine groups is 1. The molecule has 29 heavy (non-hydrogen) atoms. The predicted octanol–water partition coefficient (Wildman–Crippen LogP) is 4.04. The second-order valence-corrected chi connectivity index (χ2v) is 7.00. The third-order valence-corrected chi connectivity index (χ3v) is 5.00. The third kappa shape index (κ3) is 5.88. The average molecular weight is 397 g/mol. The van der Waals surface area contributed by atoms with Gasteiger partial charge in [0.2, 0.25) is 0 Å². The number of hydrogen-bond donors (Lipinski definition) is 3. The number of nitrogens with one attached hydrogen (secondary N) is 2. The second kappa shape index (κ2) is 9.82. The van der Waals surface area contributed by atoms with Crippen molar-refractivity contribution in [2.75, 3.05) is 13.1 Å². The lowest BCUT2D eigenvalue weighted by molar-refractivity contribution is 0.387. The standard InChI is InChI=1S/C22H25F2N5/c23-18-7-3-16(4-8-18)21(17-5-9-19(24)10-6-17)11-13-29(22(25)26)12-1-2-20-14-27-15-28-20/h3-10,14-15,21H,1-2,11-13H2,(H3,25,26)(H,27,28). The van der Waals surface area contributed by atoms with E-state index in [-0.39, 0.29) is 23.5 Å². The van der Waals surface area contributed by atoms with E-state index in [4.69, 9.17) is 11.1 Å². The van der Waals surface area contributed by atoms with Crippen molar-refractivity contribution in [2.24, 2.45) is 5.73 Å². The molecular formula is C22H25F2N5. The Bertz CT molecular complexity index is 846. The van der Waals surface area contributed by atoms with Crippen molar-refractivity contribution < 1.29 is 8.78 Å². The van der Waals surface area contributed by atoms with E-state index in [0.717, 1.165) is 29.7 Å². The summed E-state index contributed by atoms with van der Waals surface area (Å²) in [6.45, 7) is 1.21. The van der Waals surface area contributed by atoms with Crippen LogP contribution in [0.1, 0.15) is 35.6 Å². The number of rotatable bonds is 9. The first kappa shape index (κ1) is 20.5. The zero-order valence-electron chi connectivity index (χ0n) is 16.1. The minimum atomic E-state index is -0.296. The molecule has 0 saturated heterocycles. The lowest BCUT2D eigenvalue weighted by Gasteiger charge is -2.26. The summed E-state index contributed by atoms with van der Waals surface area (Å²) in [6.07, 6.45) is 5.76. The van der Waals surface area contributed by atoms with Gasteiger partial charge in [-0.15, -0.1) is 0 Å². The van der Waals surface area contributed by atoms with Gasteiger partial charge in [-0.1, -0.05) is 24.3 Å². The lowest BCUT2D eigenvalue weighted by atomic mass is 9.88. The van der Waals surface area contributed by atoms with Crippen LogP contribution in [0, 0.1) is 17.0 Å². The van der Waals surface area contributed by atoms with Crippen LogP contribution < -0.4 is 5.73 Å². The molecular weight excluding hydrogens is 372 g/mol. The first-order valence-electron chi connectivity index (χ1n) is 9.60. The van der Waals surface area contributed by atoms with Gasteiger partial charge in [0.05, 0.1) is 6.33 Å². The Morgan fingerprint density at radius 2 is 1.59 bits per heavy atom. The van der Waals surface area contributed by atoms with Gasteiger partial charge in [-0.25, -0.2) is 13.8 Å². The molecule has 1 heterocycles. The van der Waals surface area contributed by atoms with Crippen LogP contribution in [0.15, 0.2) is 61.1 Å². The molecule has 2 aromatic carbocycles. The Labute approximate surface area is 169 Å². The largest absolute Gasteiger partial charge is 0.370 e. The maximum atomic E-state index is 13.4. The number of nitrogens with two attached hydrogens (primary N) is 1. The highest BCUT2D eigenvalue weighted by Gasteiger charge is 2.17. The summed E-state index contributed by atoms with van der Waals surface area (Å²) in [5, 5.41) is 7.90. The molecule has 3 rings (SSSR count). The first-order chi connectivity index (χ1) is 14.0. The van der Waals surface area contributed by atoms with Gasteiger partial charge in [0.25, 0.3) is 0 Å². The van der Waals surface area contributed by atoms with Crippen molar-refractivity contribution in [3.8, 4) is 0 Å². The molecule has 4 N–H and O–H groups in total. The number of nitrogens with zero attached hydrogens (tertiary/aromatic N) is 2. The summed E-state index contributed by atoms with van der Waals surface area (Å²) < 4.78 is 26.7. The van der Waals surface area contributed by atoms with Crippen molar-refractivity contribution >= 4 is 5.96 Å². The van der Waals surface area contributed by atoms with E-state index >= 15 is 0 Å². The normalized spacial score (nSPS) is 11.0. The fourth-order valence-electron chi connectivity index (χ4n) is 3.44. The van der Waals surface area contributed by atoms with E-state index < -0.39 is 0 Å². The number of aromatic nitrogens is 2. The fraction of sp³-hybridized carbons (Fsp3) is 0.273. The molecule has 0 bridgehead atoms. The monoisotopic (exact) mass is 397 g/mol. The Morgan fingerprint density at radius 1 is 1.00 bits per heavy atom. The average Bonchev–Trinajstić information content (AvgIpc) is 3.22. The van der Waals surface area contributed by atoms with Crippen LogP contribution in [-0.4, -0.2) is 33.9 Å². The molecule has 0 amide bonds. The van der Waals surface area contributed by atoms with Crippen LogP contribution in [0.5, 0.6) is 0 Å². The van der Waals surface area contributed by atoms with Gasteiger partial charge in [0.1, 0.15) is 11.6 Å². The highest BCUT2D eigenvalue weighted by Crippen LogP contribution is 2.29. The molecule has 152 valence electrons. The summed E-state index contributed by atoms with van der Waals surface area (Å²) in [5.41, 5.74) is 8.72. The van der Waals surface area contributed by atoms with Crippen molar-refractivity contribution in [1.82, 2.24) is 14.9 Å². The van der Waals surface area contributed by atoms with Crippen molar-refractivity contribution in [3.05, 3.63) is 89.5 Å². The minimum absolute atomic E-state index is 0.0200. The van der Waals surface area contributed by atoms with E-state index in [0.29, 0.717) is 19.5 Å². The highest BCUT2D eigenvalue weighted by atomic mass is 19.1. The number of imidazole rings is 1. The maximum Gasteiger partial charge on any atom is 0.188 e. The van der Waals surface area contributed by atoms with Crippen molar-refractivity contribution in [2.45, 2.75) is 25.2 Å². The first-order valence-corrected chi connectivity index (χ1v) is 9.60. The molecule has 7 heteroatoms. The molecule has 0 unspecified atom stereocenters. The minimum Gasteiger partial charge on any atom is -0.370 e. The zero-order chi connectivity index (χ0) is 20.6. The molecule has 5 nitrogen and oxygen atoms in total. The molecule has 0 radical (unpaired) electrons. The Hall–Kier alpha value is -3.22. The Kier molecular flexibility index (Phi) is 6.94. The summed E-state index contributed by atoms with van der Waals surface area (Å²) in [4.78, 5) is 8.90. The van der Waals surface area contributed by atoms with Gasteiger partial charge in [-0.3, -0.25) is 5.41 Å². The maximum absolute atomic E-state index is 13.4. The third-order valence-electron chi connectivity index (χ3n) is 5.00. The van der Waals surface area contributed by atoms with Crippen LogP contribution in [0.4, 0.5) is 8.78 Å². The topological polar surface area (TPSA) is 81.8 Å². The summed E-state index contributed by atoms with van der Waals surface area (Å²) in [6, 6.07) is 12.7. The molecule has 0 spiro atoms. The summed E-state index contributed by atoms with van der Waals surface area (Å²) in [7, 11) is 0. The fourth-order valence-corrected chi connectivity index (χ4v) is 3.44. The van der Waals surface area contributed by atoms with Gasteiger partial charge >= 0.3 is 0 Å². The van der Waals surface area contributed by atoms with Gasteiger partial charge in [0.15, 0.2) is 5.96 Å². The molecule has 0 atom stereocenters. The van der Waals surface area contributed by atoms with Crippen molar-refractivity contribution in [1.29, 1.82) is 5.41 Å². The van der Waals surface area contributed by atoms with E-state index in [1.54, 1.807) is 36.8 Å². The van der Waals surface area contributed by atoms with E-state index in [1.807, 2.05) is 4.90 Å². The van der Waals surface area contributed by atoms with Gasteiger partial charge in [-0.05, 0) is 54.7 Å². The van der Waals surface area contributed by atoms with E-state index in [1.165, 1.54) is 24.3 Å². The van der Waals surface area contributed by atoms with Crippen LogP contribution in [0.3, 0.4) is 0 Å². The Balaban J connectivity index is 1.68. The van der Waals surface area contributed by atoms with Gasteiger partial charge in [0, 0.05) is 30.9 Å². The van der Waals surface area contributed by atoms with Crippen molar-refractivity contribution in [3.63, 3.8) is 0 Å². The quantitative estimate of drug-likeness (QED) is 0.376. The second-order valence-electron chi connectivity index (χ2n) is 7.00. The molecule has 3 aromatic rings. The molecule has 0 aliphatic heterocycles. The highest BCUT2D eigenvalue weighted by molar-refractivity contribution is 5.74. The number of benzene rings is 2. The molecule has 0 fully saturated rings. The molecule has 1 aromatic heterocycles.